The van der Waals surface area contributed by atoms with E-state index in [1.165, 1.54) is 21.1 Å². The summed E-state index contributed by atoms with van der Waals surface area (Å²) in [5, 5.41) is 10.6. The Morgan fingerprint density at radius 1 is 0.544 bits per heavy atom. The monoisotopic (exact) mass is 1150 g/mol. The Labute approximate surface area is 464 Å². The van der Waals surface area contributed by atoms with E-state index in [0.717, 1.165) is 37.9 Å². The van der Waals surface area contributed by atoms with E-state index in [1.807, 2.05) is 0 Å². The molecule has 0 aliphatic carbocycles. The molecule has 31 heteroatoms. The predicted molar refractivity (Wildman–Crippen MR) is 302 cm³/mol. The lowest BCUT2D eigenvalue weighted by Gasteiger charge is -2.37. The second kappa shape index (κ2) is 23.7. The minimum absolute atomic E-state index is 0.122. The van der Waals surface area contributed by atoms with E-state index in [4.69, 9.17) is 57.5 Å². The number of piperazine rings is 2. The van der Waals surface area contributed by atoms with Gasteiger partial charge in [0.25, 0.3) is 0 Å². The number of nitrogens with one attached hydrogen (secondary N) is 3. The number of nitrogen functional groups attached to an aromatic ring is 2. The molecule has 0 aromatic carbocycles. The molecule has 12 rings (SSSR count). The van der Waals surface area contributed by atoms with Crippen LogP contribution in [0.4, 0.5) is 29.5 Å². The lowest BCUT2D eigenvalue weighted by Crippen LogP contribution is -2.55. The summed E-state index contributed by atoms with van der Waals surface area (Å²) in [6, 6.07) is 1.53. The number of imidazole rings is 2. The standard InChI is InChI=1S/C24H35N11O3S.C18H22ClN9O3S.C6H14N2/c1-15-12-33(13-16(2)28-15)24-29-19-21(32-6-8-38-9-7-32)30-20(17-10-26-23(25)27-11-17)31-22(19)35(24)18-4-5-34(14-18)39(3,36)37;1-32(29,30)27-3-2-12(10-27)28-16-13(23-17(28)19)15(26-4-6-31-7-5-26)24-14(25-16)11-8-21-18(20)22-9-11;1-5-3-7-4-6(2)8-5/h10-11,15-16,18,28H,4-9,12-14H2,1-3H3,(H2,25,26,27);8-9,12H,2-7,10H2,1H3,(H2,20,21,22);5-8H,3-4H2,1-2H3/t15-,16+,18-;12-;5-,6+/m00./s1. The number of hydrogen-bond acceptors (Lipinski definition) is 24. The predicted octanol–water partition coefficient (Wildman–Crippen LogP) is 0.613. The second-order valence-corrected chi connectivity index (χ2v) is 25.4. The molecule has 28 nitrogen and oxygen atoms in total. The van der Waals surface area contributed by atoms with Crippen molar-refractivity contribution in [1.82, 2.24) is 83.5 Å². The van der Waals surface area contributed by atoms with E-state index in [-0.39, 0.29) is 41.3 Å². The fraction of sp³-hybridized carbons (Fsp3) is 0.625. The van der Waals surface area contributed by atoms with E-state index < -0.39 is 20.0 Å². The Balaban J connectivity index is 0.000000158. The van der Waals surface area contributed by atoms with Gasteiger partial charge in [-0.3, -0.25) is 9.13 Å². The molecule has 428 valence electrons. The van der Waals surface area contributed by atoms with Gasteiger partial charge in [0.15, 0.2) is 45.6 Å². The third-order valence-electron chi connectivity index (χ3n) is 14.7. The number of halogens is 1. The summed E-state index contributed by atoms with van der Waals surface area (Å²) < 4.78 is 66.9. The minimum atomic E-state index is -3.32. The highest BCUT2D eigenvalue weighted by Gasteiger charge is 2.37. The van der Waals surface area contributed by atoms with Crippen LogP contribution in [0.25, 0.3) is 45.1 Å². The SMILES string of the molecule is CS(=O)(=O)N1CC[C@H](n2c(Cl)nc3c(N4CCOCC4)nc(-c4cnc(N)nc4)nc32)C1.C[C@@H]1CN(c2nc3c(N4CCOCC4)nc(-c4cnc(N)nc4)nc3n2[C@H]2CCN(S(C)(=O)=O)C2)C[C@H](C)N1.C[C@@H]1CNC[C@H](C)N1. The van der Waals surface area contributed by atoms with Crippen LogP contribution in [0.3, 0.4) is 0 Å². The molecule has 0 radical (unpaired) electrons. The maximum Gasteiger partial charge on any atom is 0.219 e. The molecule has 0 bridgehead atoms. The molecule has 6 aliphatic heterocycles. The molecule has 0 unspecified atom stereocenters. The molecule has 6 atom stereocenters. The lowest BCUT2D eigenvalue weighted by atomic mass is 10.1. The van der Waals surface area contributed by atoms with Gasteiger partial charge in [-0.2, -0.15) is 0 Å². The molecule has 6 aromatic rings. The van der Waals surface area contributed by atoms with Gasteiger partial charge in [0.05, 0.1) is 62.1 Å². The van der Waals surface area contributed by atoms with Gasteiger partial charge >= 0.3 is 0 Å². The molecule has 6 aromatic heterocycles. The van der Waals surface area contributed by atoms with Crippen molar-refractivity contribution in [1.29, 1.82) is 0 Å². The van der Waals surface area contributed by atoms with Crippen molar-refractivity contribution >= 4 is 83.5 Å². The maximum absolute atomic E-state index is 12.4. The maximum atomic E-state index is 12.4. The first-order chi connectivity index (χ1) is 37.8. The van der Waals surface area contributed by atoms with E-state index in [2.05, 4.69) is 87.8 Å². The normalized spacial score (nSPS) is 24.6. The van der Waals surface area contributed by atoms with Crippen LogP contribution < -0.4 is 42.1 Å². The summed E-state index contributed by atoms with van der Waals surface area (Å²) in [4.78, 5) is 52.2. The van der Waals surface area contributed by atoms with Gasteiger partial charge in [0, 0.05) is 127 Å². The van der Waals surface area contributed by atoms with E-state index in [1.54, 1.807) is 29.4 Å². The van der Waals surface area contributed by atoms with Gasteiger partial charge in [-0.25, -0.2) is 75.3 Å². The average molecular weight is 1150 g/mol. The molecule has 7 N–H and O–H groups in total. The van der Waals surface area contributed by atoms with Crippen LogP contribution in [0, 0.1) is 0 Å². The zero-order chi connectivity index (χ0) is 55.8. The lowest BCUT2D eigenvalue weighted by molar-refractivity contribution is 0.122. The Morgan fingerprint density at radius 2 is 0.962 bits per heavy atom. The fourth-order valence-corrected chi connectivity index (χ4v) is 13.0. The summed E-state index contributed by atoms with van der Waals surface area (Å²) in [7, 11) is -6.62. The van der Waals surface area contributed by atoms with Crippen molar-refractivity contribution in [3.8, 4) is 22.8 Å². The van der Waals surface area contributed by atoms with Crippen LogP contribution >= 0.6 is 11.6 Å². The Kier molecular flexibility index (Phi) is 16.9. The summed E-state index contributed by atoms with van der Waals surface area (Å²) >= 11 is 6.57. The molecule has 6 saturated heterocycles. The Bertz CT molecular complexity index is 3310. The molecule has 0 saturated carbocycles. The third kappa shape index (κ3) is 12.9. The van der Waals surface area contributed by atoms with Gasteiger partial charge in [0.2, 0.25) is 43.2 Å². The van der Waals surface area contributed by atoms with Crippen LogP contribution in [0.5, 0.6) is 0 Å². The molecular formula is C48H71ClN22O6S2. The zero-order valence-corrected chi connectivity index (χ0v) is 47.8. The van der Waals surface area contributed by atoms with Crippen LogP contribution in [-0.4, -0.2) is 226 Å². The summed E-state index contributed by atoms with van der Waals surface area (Å²) in [5.41, 5.74) is 15.1. The summed E-state index contributed by atoms with van der Waals surface area (Å²) in [6.07, 6.45) is 10.1. The zero-order valence-electron chi connectivity index (χ0n) is 45.4. The summed E-state index contributed by atoms with van der Waals surface area (Å²) in [6.45, 7) is 19.0. The number of sulfonamides is 2. The first kappa shape index (κ1) is 56.4. The smallest absolute Gasteiger partial charge is 0.219 e. The Hall–Kier alpha value is -5.83. The molecule has 6 fully saturated rings. The highest BCUT2D eigenvalue weighted by atomic mass is 35.5. The fourth-order valence-electron chi connectivity index (χ4n) is 11.0. The van der Waals surface area contributed by atoms with Crippen LogP contribution in [-0.2, 0) is 29.5 Å². The number of rotatable bonds is 9. The van der Waals surface area contributed by atoms with Crippen molar-refractivity contribution in [2.45, 2.75) is 76.8 Å². The highest BCUT2D eigenvalue weighted by Crippen LogP contribution is 2.38. The van der Waals surface area contributed by atoms with E-state index in [0.29, 0.717) is 155 Å². The quantitative estimate of drug-likeness (QED) is 0.124. The van der Waals surface area contributed by atoms with Gasteiger partial charge < -0.3 is 51.6 Å². The van der Waals surface area contributed by atoms with Gasteiger partial charge in [-0.15, -0.1) is 0 Å². The van der Waals surface area contributed by atoms with Crippen LogP contribution in [0.2, 0.25) is 5.28 Å². The van der Waals surface area contributed by atoms with Crippen LogP contribution in [0.1, 0.15) is 52.6 Å². The first-order valence-electron chi connectivity index (χ1n) is 26.7. The van der Waals surface area contributed by atoms with Gasteiger partial charge in [-0.1, -0.05) is 0 Å². The number of morpholine rings is 2. The summed E-state index contributed by atoms with van der Waals surface area (Å²) in [5.74, 6) is 3.37. The number of fused-ring (bicyclic) bond motifs is 2. The third-order valence-corrected chi connectivity index (χ3v) is 17.5. The highest BCUT2D eigenvalue weighted by molar-refractivity contribution is 7.88. The number of anilines is 5. The van der Waals surface area contributed by atoms with Crippen molar-refractivity contribution in [3.63, 3.8) is 0 Å². The van der Waals surface area contributed by atoms with E-state index in [9.17, 15) is 16.8 Å². The van der Waals surface area contributed by atoms with Crippen LogP contribution in [0.15, 0.2) is 24.8 Å². The van der Waals surface area contributed by atoms with Crippen molar-refractivity contribution in [2.24, 2.45) is 0 Å². The number of aromatic nitrogens is 12. The molecular weight excluding hydrogens is 1080 g/mol. The number of hydrogen-bond donors (Lipinski definition) is 5. The number of nitrogens with zero attached hydrogens (tertiary/aromatic N) is 17. The molecule has 79 heavy (non-hydrogen) atoms. The minimum Gasteiger partial charge on any atom is -0.378 e. The largest absolute Gasteiger partial charge is 0.378 e. The molecule has 0 amide bonds. The average Bonchev–Trinajstić information content (AvgIpc) is 4.30. The van der Waals surface area contributed by atoms with E-state index >= 15 is 0 Å². The van der Waals surface area contributed by atoms with Crippen molar-refractivity contribution in [2.75, 3.05) is 144 Å². The van der Waals surface area contributed by atoms with Gasteiger partial charge in [0.1, 0.15) is 0 Å². The molecule has 6 aliphatic rings. The van der Waals surface area contributed by atoms with Gasteiger partial charge in [-0.05, 0) is 52.1 Å². The van der Waals surface area contributed by atoms with Crippen molar-refractivity contribution < 1.29 is 26.3 Å². The Morgan fingerprint density at radius 3 is 1.38 bits per heavy atom. The van der Waals surface area contributed by atoms with Crippen molar-refractivity contribution in [3.05, 3.63) is 30.1 Å². The number of nitrogens with two attached hydrogens (primary N) is 2. The topological polar surface area (TPSA) is 330 Å². The first-order valence-corrected chi connectivity index (χ1v) is 30.8. The second-order valence-electron chi connectivity index (χ2n) is 21.1. The molecule has 0 spiro atoms. The molecule has 12 heterocycles. The number of ether oxygens (including phenoxy) is 2.